The van der Waals surface area contributed by atoms with Crippen molar-refractivity contribution in [3.05, 3.63) is 74.2 Å². The summed E-state index contributed by atoms with van der Waals surface area (Å²) in [5, 5.41) is 0.652. The van der Waals surface area contributed by atoms with Crippen molar-refractivity contribution in [2.45, 2.75) is 25.7 Å². The average Bonchev–Trinajstić information content (AvgIpc) is 2.83. The molecule has 0 radical (unpaired) electrons. The standard InChI is InChI=1S/C25H24ClN3O3/c1-31-21-12-15-9-10-27-23(18(15)13-22(21)32-2)16-5-8-20-19(11-16)25(30)29-24(28-20)14-3-6-17(26)7-4-14/h3-4,6-7,12-13,16H,5,8-11H2,1-2H3,(H,28,29,30). The van der Waals surface area contributed by atoms with Crippen LogP contribution in [0.4, 0.5) is 0 Å². The molecular formula is C25H24ClN3O3. The molecule has 0 bridgehead atoms. The number of aromatic nitrogens is 2. The highest BCUT2D eigenvalue weighted by Gasteiger charge is 2.30. The van der Waals surface area contributed by atoms with E-state index in [-0.39, 0.29) is 11.5 Å². The highest BCUT2D eigenvalue weighted by molar-refractivity contribution is 6.30. The van der Waals surface area contributed by atoms with Gasteiger partial charge >= 0.3 is 0 Å². The lowest BCUT2D eigenvalue weighted by Crippen LogP contribution is -2.32. The molecule has 1 N–H and O–H groups in total. The second-order valence-corrected chi connectivity index (χ2v) is 8.60. The number of nitrogens with one attached hydrogen (secondary N) is 1. The summed E-state index contributed by atoms with van der Waals surface area (Å²) in [6.45, 7) is 0.741. The van der Waals surface area contributed by atoms with Crippen molar-refractivity contribution in [2.24, 2.45) is 10.9 Å². The number of methoxy groups -OCH3 is 2. The molecule has 1 atom stereocenters. The van der Waals surface area contributed by atoms with Gasteiger partial charge in [0.15, 0.2) is 11.5 Å². The third-order valence-corrected chi connectivity index (χ3v) is 6.59. The van der Waals surface area contributed by atoms with Crippen molar-refractivity contribution in [2.75, 3.05) is 20.8 Å². The molecule has 2 heterocycles. The Balaban J connectivity index is 1.47. The average molecular weight is 450 g/mol. The lowest BCUT2D eigenvalue weighted by atomic mass is 9.79. The number of rotatable bonds is 4. The van der Waals surface area contributed by atoms with Crippen LogP contribution in [0.25, 0.3) is 11.4 Å². The maximum absolute atomic E-state index is 13.0. The molecule has 1 aromatic heterocycles. The van der Waals surface area contributed by atoms with Gasteiger partial charge in [0.1, 0.15) is 5.82 Å². The van der Waals surface area contributed by atoms with E-state index in [1.807, 2.05) is 24.3 Å². The molecule has 0 amide bonds. The van der Waals surface area contributed by atoms with Crippen LogP contribution < -0.4 is 15.0 Å². The number of H-pyrrole nitrogens is 1. The van der Waals surface area contributed by atoms with Gasteiger partial charge in [-0.25, -0.2) is 4.98 Å². The third-order valence-electron chi connectivity index (χ3n) is 6.33. The first kappa shape index (κ1) is 20.8. The predicted molar refractivity (Wildman–Crippen MR) is 125 cm³/mol. The molecular weight excluding hydrogens is 426 g/mol. The summed E-state index contributed by atoms with van der Waals surface area (Å²) in [5.74, 6) is 2.19. The van der Waals surface area contributed by atoms with Crippen LogP contribution in [0.2, 0.25) is 5.02 Å². The fourth-order valence-corrected chi connectivity index (χ4v) is 4.82. The van der Waals surface area contributed by atoms with Crippen molar-refractivity contribution < 1.29 is 9.47 Å². The van der Waals surface area contributed by atoms with E-state index in [1.165, 1.54) is 5.56 Å². The maximum atomic E-state index is 13.0. The fraction of sp³-hybridized carbons (Fsp3) is 0.320. The van der Waals surface area contributed by atoms with Crippen LogP contribution in [0.5, 0.6) is 11.5 Å². The summed E-state index contributed by atoms with van der Waals surface area (Å²) < 4.78 is 11.0. The van der Waals surface area contributed by atoms with Crippen LogP contribution in [0.1, 0.15) is 28.8 Å². The van der Waals surface area contributed by atoms with Crippen LogP contribution in [0.3, 0.4) is 0 Å². The first-order chi connectivity index (χ1) is 15.6. The van der Waals surface area contributed by atoms with Gasteiger partial charge in [-0.05, 0) is 67.6 Å². The van der Waals surface area contributed by atoms with Gasteiger partial charge < -0.3 is 14.5 Å². The molecule has 1 aliphatic carbocycles. The molecule has 2 aromatic carbocycles. The van der Waals surface area contributed by atoms with Crippen molar-refractivity contribution in [3.8, 4) is 22.9 Å². The molecule has 164 valence electrons. The second kappa shape index (κ2) is 8.43. The highest BCUT2D eigenvalue weighted by Crippen LogP contribution is 2.36. The quantitative estimate of drug-likeness (QED) is 0.645. The molecule has 32 heavy (non-hydrogen) atoms. The van der Waals surface area contributed by atoms with Gasteiger partial charge in [-0.15, -0.1) is 0 Å². The zero-order chi connectivity index (χ0) is 22.2. The number of aromatic amines is 1. The molecule has 3 aromatic rings. The normalized spacial score (nSPS) is 17.2. The lowest BCUT2D eigenvalue weighted by molar-refractivity contribution is 0.354. The minimum atomic E-state index is -0.0754. The summed E-state index contributed by atoms with van der Waals surface area (Å²) in [7, 11) is 3.29. The van der Waals surface area contributed by atoms with E-state index in [1.54, 1.807) is 26.4 Å². The lowest BCUT2D eigenvalue weighted by Gasteiger charge is -2.28. The smallest absolute Gasteiger partial charge is 0.254 e. The monoisotopic (exact) mass is 449 g/mol. The van der Waals surface area contributed by atoms with Gasteiger partial charge in [0.25, 0.3) is 5.56 Å². The van der Waals surface area contributed by atoms with Crippen LogP contribution >= 0.6 is 11.6 Å². The van der Waals surface area contributed by atoms with Crippen molar-refractivity contribution >= 4 is 17.3 Å². The van der Waals surface area contributed by atoms with Crippen molar-refractivity contribution in [1.29, 1.82) is 0 Å². The van der Waals surface area contributed by atoms with Gasteiger partial charge in [-0.3, -0.25) is 9.79 Å². The van der Waals surface area contributed by atoms with E-state index >= 15 is 0 Å². The predicted octanol–water partition coefficient (Wildman–Crippen LogP) is 4.26. The second-order valence-electron chi connectivity index (χ2n) is 8.17. The Bertz CT molecular complexity index is 1260. The van der Waals surface area contributed by atoms with Gasteiger partial charge in [0, 0.05) is 39.9 Å². The number of aryl methyl sites for hydroxylation is 1. The van der Waals surface area contributed by atoms with Crippen LogP contribution in [0, 0.1) is 5.92 Å². The summed E-state index contributed by atoms with van der Waals surface area (Å²) in [5.41, 5.74) is 5.77. The number of ether oxygens (including phenoxy) is 2. The Morgan fingerprint density at radius 3 is 2.56 bits per heavy atom. The summed E-state index contributed by atoms with van der Waals surface area (Å²) in [6, 6.07) is 11.4. The number of fused-ring (bicyclic) bond motifs is 2. The molecule has 6 nitrogen and oxygen atoms in total. The van der Waals surface area contributed by atoms with Gasteiger partial charge in [0.05, 0.1) is 19.9 Å². The van der Waals surface area contributed by atoms with Gasteiger partial charge in [-0.2, -0.15) is 0 Å². The summed E-state index contributed by atoms with van der Waals surface area (Å²) in [4.78, 5) is 25.6. The summed E-state index contributed by atoms with van der Waals surface area (Å²) >= 11 is 5.99. The van der Waals surface area contributed by atoms with E-state index in [9.17, 15) is 4.79 Å². The molecule has 2 aliphatic rings. The Morgan fingerprint density at radius 1 is 1.06 bits per heavy atom. The minimum Gasteiger partial charge on any atom is -0.493 e. The summed E-state index contributed by atoms with van der Waals surface area (Å²) in [6.07, 6.45) is 3.14. The van der Waals surface area contributed by atoms with Crippen LogP contribution in [-0.4, -0.2) is 36.4 Å². The highest BCUT2D eigenvalue weighted by atomic mass is 35.5. The van der Waals surface area contributed by atoms with E-state index in [0.717, 1.165) is 59.7 Å². The Labute approximate surface area is 191 Å². The molecule has 0 spiro atoms. The largest absolute Gasteiger partial charge is 0.493 e. The van der Waals surface area contributed by atoms with Gasteiger partial charge in [-0.1, -0.05) is 11.6 Å². The Morgan fingerprint density at radius 2 is 1.81 bits per heavy atom. The molecule has 0 fully saturated rings. The molecule has 0 saturated carbocycles. The van der Waals surface area contributed by atoms with E-state index < -0.39 is 0 Å². The number of benzene rings is 2. The van der Waals surface area contributed by atoms with Crippen LogP contribution in [-0.2, 0) is 19.3 Å². The maximum Gasteiger partial charge on any atom is 0.254 e. The molecule has 0 saturated heterocycles. The van der Waals surface area contributed by atoms with E-state index in [4.69, 9.17) is 31.1 Å². The third kappa shape index (κ3) is 3.69. The van der Waals surface area contributed by atoms with E-state index in [0.29, 0.717) is 23.0 Å². The van der Waals surface area contributed by atoms with E-state index in [2.05, 4.69) is 4.98 Å². The zero-order valence-electron chi connectivity index (χ0n) is 18.1. The van der Waals surface area contributed by atoms with Gasteiger partial charge in [0.2, 0.25) is 0 Å². The first-order valence-corrected chi connectivity index (χ1v) is 11.1. The fourth-order valence-electron chi connectivity index (χ4n) is 4.70. The van der Waals surface area contributed by atoms with Crippen molar-refractivity contribution in [3.63, 3.8) is 0 Å². The van der Waals surface area contributed by atoms with Crippen molar-refractivity contribution in [1.82, 2.24) is 9.97 Å². The SMILES string of the molecule is COc1cc2c(cc1OC)C(C1CCc3nc(-c4ccc(Cl)cc4)[nH]c(=O)c3C1)=NCC2. The molecule has 7 heteroatoms. The number of nitrogens with zero attached hydrogens (tertiary/aromatic N) is 2. The van der Waals surface area contributed by atoms with Crippen LogP contribution in [0.15, 0.2) is 46.2 Å². The topological polar surface area (TPSA) is 76.6 Å². The minimum absolute atomic E-state index is 0.0754. The molecule has 5 rings (SSSR count). The first-order valence-electron chi connectivity index (χ1n) is 10.7. The number of hydrogen-bond donors (Lipinski definition) is 1. The Kier molecular flexibility index (Phi) is 5.47. The zero-order valence-corrected chi connectivity index (χ0v) is 18.8. The molecule has 1 aliphatic heterocycles. The number of aliphatic imine (C=N–C) groups is 1. The Hall–Kier alpha value is -3.12. The molecule has 1 unspecified atom stereocenters. The number of hydrogen-bond acceptors (Lipinski definition) is 5. The number of halogens is 1.